The zero-order valence-corrected chi connectivity index (χ0v) is 15.6. The van der Waals surface area contributed by atoms with Crippen molar-refractivity contribution in [1.29, 1.82) is 0 Å². The Morgan fingerprint density at radius 1 is 1.04 bits per heavy atom. The van der Waals surface area contributed by atoms with Crippen LogP contribution in [0, 0.1) is 39.9 Å². The standard InChI is InChI=1S/C21H30O4/c1-11-13-5-8-21(17(11)23)15(9-13)20-7-4-6-19(3,12(2)25-18(20)24)14(20)10-16(21)22/h11-16,22H,4-10H2,1-3H3/t11?,12-,13-,14?,15?,16+,19-,20-,21?/m0/s1. The van der Waals surface area contributed by atoms with Crippen molar-refractivity contribution >= 4 is 11.8 Å². The largest absolute Gasteiger partial charge is 0.462 e. The van der Waals surface area contributed by atoms with Gasteiger partial charge in [-0.05, 0) is 63.2 Å². The van der Waals surface area contributed by atoms with Gasteiger partial charge in [0.2, 0.25) is 0 Å². The molecule has 9 atom stereocenters. The minimum atomic E-state index is -0.692. The third-order valence-corrected chi connectivity index (χ3v) is 9.66. The lowest BCUT2D eigenvalue weighted by Crippen LogP contribution is -2.74. The van der Waals surface area contributed by atoms with Crippen molar-refractivity contribution in [3.05, 3.63) is 0 Å². The number of hydrogen-bond acceptors (Lipinski definition) is 4. The van der Waals surface area contributed by atoms with Crippen LogP contribution >= 0.6 is 0 Å². The highest BCUT2D eigenvalue weighted by atomic mass is 16.5. The number of ether oxygens (including phenoxy) is 1. The molecule has 0 aromatic rings. The van der Waals surface area contributed by atoms with E-state index in [1.54, 1.807) is 0 Å². The highest BCUT2D eigenvalue weighted by Gasteiger charge is 2.76. The molecule has 1 saturated heterocycles. The summed E-state index contributed by atoms with van der Waals surface area (Å²) in [5, 5.41) is 11.3. The molecule has 0 aromatic heterocycles. The van der Waals surface area contributed by atoms with E-state index in [0.717, 1.165) is 38.5 Å². The van der Waals surface area contributed by atoms with Gasteiger partial charge in [0.05, 0.1) is 16.9 Å². The summed E-state index contributed by atoms with van der Waals surface area (Å²) in [6, 6.07) is 0. The van der Waals surface area contributed by atoms with E-state index >= 15 is 0 Å². The van der Waals surface area contributed by atoms with Gasteiger partial charge in [0.15, 0.2) is 0 Å². The molecule has 0 aromatic carbocycles. The van der Waals surface area contributed by atoms with Gasteiger partial charge >= 0.3 is 5.97 Å². The first-order chi connectivity index (χ1) is 11.8. The fraction of sp³-hybridized carbons (Fsp3) is 0.905. The van der Waals surface area contributed by atoms with Crippen LogP contribution < -0.4 is 0 Å². The van der Waals surface area contributed by atoms with E-state index in [1.165, 1.54) is 0 Å². The molecule has 4 unspecified atom stereocenters. The highest BCUT2D eigenvalue weighted by Crippen LogP contribution is 2.73. The van der Waals surface area contributed by atoms with Gasteiger partial charge in [-0.3, -0.25) is 9.59 Å². The molecule has 6 rings (SSSR count). The fourth-order valence-electron chi connectivity index (χ4n) is 8.16. The average molecular weight is 346 g/mol. The van der Waals surface area contributed by atoms with Crippen molar-refractivity contribution in [3.8, 4) is 0 Å². The molecule has 138 valence electrons. The number of hydrogen-bond donors (Lipinski definition) is 1. The number of esters is 1. The molecule has 6 fully saturated rings. The molecular formula is C21H30O4. The van der Waals surface area contributed by atoms with Crippen LogP contribution in [0.25, 0.3) is 0 Å². The third kappa shape index (κ3) is 1.56. The van der Waals surface area contributed by atoms with Gasteiger partial charge in [-0.1, -0.05) is 20.3 Å². The van der Waals surface area contributed by atoms with Gasteiger partial charge in [-0.25, -0.2) is 0 Å². The molecule has 4 heteroatoms. The topological polar surface area (TPSA) is 63.6 Å². The summed E-state index contributed by atoms with van der Waals surface area (Å²) >= 11 is 0. The Morgan fingerprint density at radius 2 is 1.80 bits per heavy atom. The maximum atomic E-state index is 13.3. The van der Waals surface area contributed by atoms with Crippen molar-refractivity contribution in [3.63, 3.8) is 0 Å². The Labute approximate surface area is 149 Å². The Kier molecular flexibility index (Phi) is 3.05. The number of aliphatic hydroxyl groups is 1. The summed E-state index contributed by atoms with van der Waals surface area (Å²) in [4.78, 5) is 26.6. The smallest absolute Gasteiger partial charge is 0.312 e. The number of ketones is 1. The molecule has 5 aliphatic carbocycles. The monoisotopic (exact) mass is 346 g/mol. The minimum absolute atomic E-state index is 0.0178. The lowest BCUT2D eigenvalue weighted by atomic mass is 9.34. The van der Waals surface area contributed by atoms with E-state index in [0.29, 0.717) is 12.3 Å². The van der Waals surface area contributed by atoms with Gasteiger partial charge in [-0.2, -0.15) is 0 Å². The first-order valence-electron chi connectivity index (χ1n) is 10.2. The quantitative estimate of drug-likeness (QED) is 0.685. The number of rotatable bonds is 0. The zero-order chi connectivity index (χ0) is 17.8. The van der Waals surface area contributed by atoms with Crippen molar-refractivity contribution < 1.29 is 19.4 Å². The summed E-state index contributed by atoms with van der Waals surface area (Å²) < 4.78 is 5.94. The number of carbonyl (C=O) groups is 2. The molecule has 5 saturated carbocycles. The number of aliphatic hydroxyl groups excluding tert-OH is 1. The van der Waals surface area contributed by atoms with Gasteiger partial charge in [0, 0.05) is 11.3 Å². The molecule has 1 heterocycles. The second-order valence-electron chi connectivity index (χ2n) is 10.0. The summed E-state index contributed by atoms with van der Waals surface area (Å²) in [7, 11) is 0. The molecule has 0 amide bonds. The number of carbonyl (C=O) groups excluding carboxylic acids is 2. The Bertz CT molecular complexity index is 658. The van der Waals surface area contributed by atoms with Crippen molar-refractivity contribution in [2.75, 3.05) is 0 Å². The maximum absolute atomic E-state index is 13.3. The highest BCUT2D eigenvalue weighted by molar-refractivity contribution is 5.92. The van der Waals surface area contributed by atoms with Gasteiger partial charge in [-0.15, -0.1) is 0 Å². The molecule has 4 nitrogen and oxygen atoms in total. The summed E-state index contributed by atoms with van der Waals surface area (Å²) in [5.41, 5.74) is -1.30. The second-order valence-corrected chi connectivity index (χ2v) is 10.0. The Balaban J connectivity index is 1.71. The number of fused-ring (bicyclic) bond motifs is 2. The van der Waals surface area contributed by atoms with Gasteiger partial charge < -0.3 is 9.84 Å². The SMILES string of the molecule is CC1C(=O)C23CC[C@H]1CC2[C@]12CCC[C@](C)(C1C[C@H]3O)[C@H](C)OC2=O. The first-order valence-corrected chi connectivity index (χ1v) is 10.2. The molecule has 1 spiro atoms. The summed E-state index contributed by atoms with van der Waals surface area (Å²) in [6.45, 7) is 6.30. The summed E-state index contributed by atoms with van der Waals surface area (Å²) in [6.07, 6.45) is 5.52. The van der Waals surface area contributed by atoms with E-state index in [4.69, 9.17) is 4.74 Å². The Morgan fingerprint density at radius 3 is 2.56 bits per heavy atom. The van der Waals surface area contributed by atoms with Gasteiger partial charge in [0.1, 0.15) is 11.9 Å². The van der Waals surface area contributed by atoms with E-state index < -0.39 is 16.9 Å². The van der Waals surface area contributed by atoms with Crippen LogP contribution in [-0.2, 0) is 14.3 Å². The lowest BCUT2D eigenvalue weighted by molar-refractivity contribution is -0.273. The molecule has 1 N–H and O–H groups in total. The normalized spacial score (nSPS) is 59.8. The minimum Gasteiger partial charge on any atom is -0.462 e. The van der Waals surface area contributed by atoms with Crippen LogP contribution in [0.1, 0.15) is 65.7 Å². The van der Waals surface area contributed by atoms with Crippen LogP contribution in [0.15, 0.2) is 0 Å². The van der Waals surface area contributed by atoms with Crippen LogP contribution in [0.3, 0.4) is 0 Å². The predicted octanol–water partition coefficient (Wildman–Crippen LogP) is 3.11. The van der Waals surface area contributed by atoms with E-state index in [-0.39, 0.29) is 41.0 Å². The van der Waals surface area contributed by atoms with E-state index in [9.17, 15) is 14.7 Å². The van der Waals surface area contributed by atoms with Crippen molar-refractivity contribution in [2.24, 2.45) is 39.9 Å². The molecule has 6 aliphatic rings. The van der Waals surface area contributed by atoms with Crippen LogP contribution in [0.5, 0.6) is 0 Å². The van der Waals surface area contributed by atoms with Crippen LogP contribution in [-0.4, -0.2) is 29.1 Å². The third-order valence-electron chi connectivity index (χ3n) is 9.66. The molecule has 25 heavy (non-hydrogen) atoms. The van der Waals surface area contributed by atoms with Crippen molar-refractivity contribution in [2.45, 2.75) is 77.9 Å². The maximum Gasteiger partial charge on any atom is 0.312 e. The number of cyclic esters (lactones) is 1. The molecule has 4 bridgehead atoms. The van der Waals surface area contributed by atoms with Crippen LogP contribution in [0.4, 0.5) is 0 Å². The van der Waals surface area contributed by atoms with Gasteiger partial charge in [0.25, 0.3) is 0 Å². The summed E-state index contributed by atoms with van der Waals surface area (Å²) in [5.74, 6) is 0.709. The second kappa shape index (κ2) is 4.68. The lowest BCUT2D eigenvalue weighted by Gasteiger charge is -2.70. The van der Waals surface area contributed by atoms with E-state index in [2.05, 4.69) is 6.92 Å². The molecule has 0 radical (unpaired) electrons. The average Bonchev–Trinajstić information content (AvgIpc) is 2.59. The molecular weight excluding hydrogens is 316 g/mol. The molecule has 1 aliphatic heterocycles. The predicted molar refractivity (Wildman–Crippen MR) is 91.5 cm³/mol. The first kappa shape index (κ1) is 16.3. The number of Topliss-reactive ketones (excluding diaryl/α,β-unsaturated/α-hetero) is 1. The van der Waals surface area contributed by atoms with Crippen LogP contribution in [0.2, 0.25) is 0 Å². The zero-order valence-electron chi connectivity index (χ0n) is 15.6. The fourth-order valence-corrected chi connectivity index (χ4v) is 8.16. The van der Waals surface area contributed by atoms with Crippen molar-refractivity contribution in [1.82, 2.24) is 0 Å². The van der Waals surface area contributed by atoms with E-state index in [1.807, 2.05) is 13.8 Å². The Hall–Kier alpha value is -0.900.